The van der Waals surface area contributed by atoms with Gasteiger partial charge in [-0.1, -0.05) is 41.7 Å². The number of nitrogens with zero attached hydrogens (tertiary/aromatic N) is 2. The summed E-state index contributed by atoms with van der Waals surface area (Å²) in [6.07, 6.45) is 0.818. The van der Waals surface area contributed by atoms with Crippen molar-refractivity contribution in [1.82, 2.24) is 10.2 Å². The summed E-state index contributed by atoms with van der Waals surface area (Å²) in [5.74, 6) is -0.275. The highest BCUT2D eigenvalue weighted by atomic mass is 32.1. The molecule has 1 aromatic heterocycles. The quantitative estimate of drug-likeness (QED) is 0.624. The number of thiophene rings is 1. The van der Waals surface area contributed by atoms with Crippen molar-refractivity contribution in [3.8, 4) is 0 Å². The van der Waals surface area contributed by atoms with Crippen LogP contribution in [-0.2, 0) is 6.42 Å². The van der Waals surface area contributed by atoms with Gasteiger partial charge in [0.1, 0.15) is 0 Å². The third-order valence-corrected chi connectivity index (χ3v) is 4.57. The minimum atomic E-state index is -0.487. The van der Waals surface area contributed by atoms with Crippen molar-refractivity contribution in [2.45, 2.75) is 12.5 Å². The Labute approximate surface area is 138 Å². The minimum absolute atomic E-state index is 0.0244. The SMILES string of the molecule is CN(C)[C@H](CNC(=O)c1ccc([N+](=O)[O-])s1)Cc1ccccc1. The van der Waals surface area contributed by atoms with Crippen LogP contribution >= 0.6 is 11.3 Å². The molecule has 1 aromatic carbocycles. The largest absolute Gasteiger partial charge is 0.350 e. The van der Waals surface area contributed by atoms with Gasteiger partial charge in [0.25, 0.3) is 5.91 Å². The second-order valence-electron chi connectivity index (χ2n) is 5.41. The molecular weight excluding hydrogens is 314 g/mol. The number of likely N-dealkylation sites (N-methyl/N-ethyl adjacent to an activating group) is 1. The third kappa shape index (κ3) is 4.87. The van der Waals surface area contributed by atoms with Crippen molar-refractivity contribution in [2.24, 2.45) is 0 Å². The fraction of sp³-hybridized carbons (Fsp3) is 0.312. The molecule has 1 amide bonds. The number of nitro groups is 1. The molecule has 6 nitrogen and oxygen atoms in total. The lowest BCUT2D eigenvalue weighted by Crippen LogP contribution is -2.41. The molecule has 1 atom stereocenters. The molecule has 0 fully saturated rings. The van der Waals surface area contributed by atoms with E-state index in [-0.39, 0.29) is 17.0 Å². The van der Waals surface area contributed by atoms with Gasteiger partial charge in [0.15, 0.2) is 0 Å². The number of hydrogen-bond acceptors (Lipinski definition) is 5. The molecule has 0 radical (unpaired) electrons. The van der Waals surface area contributed by atoms with Crippen LogP contribution in [0.3, 0.4) is 0 Å². The van der Waals surface area contributed by atoms with Crippen molar-refractivity contribution in [3.05, 3.63) is 63.0 Å². The maximum atomic E-state index is 12.1. The van der Waals surface area contributed by atoms with E-state index in [0.29, 0.717) is 11.4 Å². The van der Waals surface area contributed by atoms with Gasteiger partial charge in [-0.05, 0) is 32.1 Å². The normalized spacial score (nSPS) is 12.1. The van der Waals surface area contributed by atoms with E-state index in [2.05, 4.69) is 22.3 Å². The van der Waals surface area contributed by atoms with Crippen molar-refractivity contribution in [2.75, 3.05) is 20.6 Å². The molecule has 0 saturated heterocycles. The zero-order valence-electron chi connectivity index (χ0n) is 13.1. The Kier molecular flexibility index (Phi) is 5.84. The number of rotatable bonds is 7. The molecule has 0 aliphatic carbocycles. The third-order valence-electron chi connectivity index (χ3n) is 3.54. The first kappa shape index (κ1) is 17.1. The fourth-order valence-electron chi connectivity index (χ4n) is 2.17. The molecule has 1 N–H and O–H groups in total. The molecule has 2 aromatic rings. The summed E-state index contributed by atoms with van der Waals surface area (Å²) in [5.41, 5.74) is 1.20. The van der Waals surface area contributed by atoms with E-state index in [4.69, 9.17) is 0 Å². The van der Waals surface area contributed by atoms with Gasteiger partial charge < -0.3 is 10.2 Å². The van der Waals surface area contributed by atoms with Gasteiger partial charge >= 0.3 is 5.00 Å². The molecule has 2 rings (SSSR count). The van der Waals surface area contributed by atoms with Gasteiger partial charge in [-0.3, -0.25) is 14.9 Å². The van der Waals surface area contributed by atoms with E-state index < -0.39 is 4.92 Å². The monoisotopic (exact) mass is 333 g/mol. The van der Waals surface area contributed by atoms with Gasteiger partial charge in [0, 0.05) is 18.7 Å². The minimum Gasteiger partial charge on any atom is -0.350 e. The Morgan fingerprint density at radius 2 is 1.96 bits per heavy atom. The Hall–Kier alpha value is -2.25. The first-order valence-corrected chi connectivity index (χ1v) is 8.02. The zero-order valence-corrected chi connectivity index (χ0v) is 13.9. The van der Waals surface area contributed by atoms with Gasteiger partial charge in [0.05, 0.1) is 9.80 Å². The Morgan fingerprint density at radius 3 is 2.52 bits per heavy atom. The molecule has 122 valence electrons. The van der Waals surface area contributed by atoms with Crippen LogP contribution in [0, 0.1) is 10.1 Å². The topological polar surface area (TPSA) is 75.5 Å². The summed E-state index contributed by atoms with van der Waals surface area (Å²) in [6.45, 7) is 0.479. The number of hydrogen-bond donors (Lipinski definition) is 1. The van der Waals surface area contributed by atoms with E-state index in [1.165, 1.54) is 17.7 Å². The van der Waals surface area contributed by atoms with E-state index in [1.807, 2.05) is 32.3 Å². The van der Waals surface area contributed by atoms with Gasteiger partial charge in [-0.25, -0.2) is 0 Å². The first-order chi connectivity index (χ1) is 11.0. The van der Waals surface area contributed by atoms with Crippen LogP contribution in [0.5, 0.6) is 0 Å². The number of carbonyl (C=O) groups is 1. The average Bonchev–Trinajstić information content (AvgIpc) is 3.02. The Bertz CT molecular complexity index is 670. The Morgan fingerprint density at radius 1 is 1.26 bits per heavy atom. The molecule has 0 aliphatic heterocycles. The highest BCUT2D eigenvalue weighted by Crippen LogP contribution is 2.23. The number of amides is 1. The summed E-state index contributed by atoms with van der Waals surface area (Å²) in [6, 6.07) is 13.1. The summed E-state index contributed by atoms with van der Waals surface area (Å²) in [7, 11) is 3.94. The molecular formula is C16H19N3O3S. The molecule has 0 saturated carbocycles. The summed E-state index contributed by atoms with van der Waals surface area (Å²) in [4.78, 5) is 24.7. The highest BCUT2D eigenvalue weighted by Gasteiger charge is 2.18. The van der Waals surface area contributed by atoms with Crippen LogP contribution in [0.15, 0.2) is 42.5 Å². The van der Waals surface area contributed by atoms with Crippen molar-refractivity contribution >= 4 is 22.2 Å². The van der Waals surface area contributed by atoms with E-state index in [0.717, 1.165) is 17.8 Å². The van der Waals surface area contributed by atoms with Gasteiger partial charge in [0.2, 0.25) is 0 Å². The van der Waals surface area contributed by atoms with Crippen molar-refractivity contribution in [3.63, 3.8) is 0 Å². The van der Waals surface area contributed by atoms with Crippen LogP contribution in [0.1, 0.15) is 15.2 Å². The van der Waals surface area contributed by atoms with Crippen molar-refractivity contribution < 1.29 is 9.72 Å². The molecule has 0 spiro atoms. The maximum Gasteiger partial charge on any atom is 0.324 e. The molecule has 23 heavy (non-hydrogen) atoms. The summed E-state index contributed by atoms with van der Waals surface area (Å²) in [5, 5.41) is 13.5. The Balaban J connectivity index is 1.95. The lowest BCUT2D eigenvalue weighted by atomic mass is 10.1. The first-order valence-electron chi connectivity index (χ1n) is 7.20. The van der Waals surface area contributed by atoms with E-state index >= 15 is 0 Å². The standard InChI is InChI=1S/C16H19N3O3S/c1-18(2)13(10-12-6-4-3-5-7-12)11-17-16(20)14-8-9-15(23-14)19(21)22/h3-9,13H,10-11H2,1-2H3,(H,17,20)/t13-/m0/s1. The number of carbonyl (C=O) groups excluding carboxylic acids is 1. The predicted octanol–water partition coefficient (Wildman–Crippen LogP) is 2.56. The second kappa shape index (κ2) is 7.85. The van der Waals surface area contributed by atoms with E-state index in [9.17, 15) is 14.9 Å². The maximum absolute atomic E-state index is 12.1. The van der Waals surface area contributed by atoms with Crippen LogP contribution in [0.4, 0.5) is 5.00 Å². The van der Waals surface area contributed by atoms with Gasteiger partial charge in [-0.15, -0.1) is 0 Å². The lowest BCUT2D eigenvalue weighted by Gasteiger charge is -2.24. The van der Waals surface area contributed by atoms with Crippen LogP contribution in [0.2, 0.25) is 0 Å². The second-order valence-corrected chi connectivity index (χ2v) is 6.47. The van der Waals surface area contributed by atoms with Crippen LogP contribution in [0.25, 0.3) is 0 Å². The smallest absolute Gasteiger partial charge is 0.324 e. The zero-order chi connectivity index (χ0) is 16.8. The molecule has 1 heterocycles. The van der Waals surface area contributed by atoms with Crippen LogP contribution in [-0.4, -0.2) is 42.4 Å². The average molecular weight is 333 g/mol. The molecule has 0 unspecified atom stereocenters. The van der Waals surface area contributed by atoms with E-state index in [1.54, 1.807) is 0 Å². The van der Waals surface area contributed by atoms with Crippen LogP contribution < -0.4 is 5.32 Å². The number of nitrogens with one attached hydrogen (secondary N) is 1. The highest BCUT2D eigenvalue weighted by molar-refractivity contribution is 7.17. The fourth-order valence-corrected chi connectivity index (χ4v) is 2.91. The summed E-state index contributed by atoms with van der Waals surface area (Å²) >= 11 is 0.888. The summed E-state index contributed by atoms with van der Waals surface area (Å²) < 4.78 is 0. The molecule has 0 bridgehead atoms. The van der Waals surface area contributed by atoms with Crippen molar-refractivity contribution in [1.29, 1.82) is 0 Å². The van der Waals surface area contributed by atoms with Gasteiger partial charge in [-0.2, -0.15) is 0 Å². The number of benzene rings is 1. The molecule has 0 aliphatic rings. The predicted molar refractivity (Wildman–Crippen MR) is 90.9 cm³/mol. The lowest BCUT2D eigenvalue weighted by molar-refractivity contribution is -0.380. The molecule has 7 heteroatoms.